The lowest BCUT2D eigenvalue weighted by Gasteiger charge is -2.03. The highest BCUT2D eigenvalue weighted by atomic mass is 79.9. The fourth-order valence-electron chi connectivity index (χ4n) is 0.592. The van der Waals surface area contributed by atoms with Crippen molar-refractivity contribution in [3.63, 3.8) is 0 Å². The second kappa shape index (κ2) is 7.31. The maximum Gasteiger partial charge on any atom is 0.222 e. The second-order valence-electron chi connectivity index (χ2n) is 2.24. The number of hydrogen-bond donors (Lipinski definition) is 1. The van der Waals surface area contributed by atoms with Crippen molar-refractivity contribution in [3.05, 3.63) is 11.1 Å². The van der Waals surface area contributed by atoms with Gasteiger partial charge in [0.15, 0.2) is 0 Å². The standard InChI is InChI=1S/C8H14BrNO2/c1-3-12-5-4-8(11)10-6-7(2)9/h2-6H2,1H3,(H,10,11). The second-order valence-corrected chi connectivity index (χ2v) is 3.36. The van der Waals surface area contributed by atoms with Crippen LogP contribution in [0.2, 0.25) is 0 Å². The first-order valence-corrected chi connectivity index (χ1v) is 4.63. The van der Waals surface area contributed by atoms with E-state index >= 15 is 0 Å². The highest BCUT2D eigenvalue weighted by molar-refractivity contribution is 9.11. The van der Waals surface area contributed by atoms with Gasteiger partial charge in [-0.25, -0.2) is 0 Å². The van der Waals surface area contributed by atoms with Gasteiger partial charge in [0.05, 0.1) is 6.61 Å². The lowest BCUT2D eigenvalue weighted by Crippen LogP contribution is -2.25. The van der Waals surface area contributed by atoms with Gasteiger partial charge in [-0.15, -0.1) is 0 Å². The fraction of sp³-hybridized carbons (Fsp3) is 0.625. The summed E-state index contributed by atoms with van der Waals surface area (Å²) in [5.41, 5.74) is 0. The third kappa shape index (κ3) is 7.75. The maximum atomic E-state index is 11.0. The number of carbonyl (C=O) groups excluding carboxylic acids is 1. The zero-order chi connectivity index (χ0) is 9.40. The summed E-state index contributed by atoms with van der Waals surface area (Å²) in [6, 6.07) is 0. The largest absolute Gasteiger partial charge is 0.381 e. The van der Waals surface area contributed by atoms with Crippen LogP contribution in [0.15, 0.2) is 11.1 Å². The molecule has 0 spiro atoms. The number of halogens is 1. The molecule has 0 aromatic carbocycles. The quantitative estimate of drug-likeness (QED) is 0.708. The van der Waals surface area contributed by atoms with E-state index in [1.807, 2.05) is 6.92 Å². The van der Waals surface area contributed by atoms with E-state index in [1.54, 1.807) is 0 Å². The Hall–Kier alpha value is -0.350. The van der Waals surface area contributed by atoms with E-state index in [0.29, 0.717) is 26.2 Å². The lowest BCUT2D eigenvalue weighted by molar-refractivity contribution is -0.121. The topological polar surface area (TPSA) is 38.3 Å². The van der Waals surface area contributed by atoms with Crippen LogP contribution in [-0.4, -0.2) is 25.7 Å². The van der Waals surface area contributed by atoms with Gasteiger partial charge in [-0.2, -0.15) is 0 Å². The lowest BCUT2D eigenvalue weighted by atomic mass is 10.4. The molecule has 1 N–H and O–H groups in total. The summed E-state index contributed by atoms with van der Waals surface area (Å²) in [6.07, 6.45) is 0.411. The SMILES string of the molecule is C=C(Br)CNC(=O)CCOCC. The number of ether oxygens (including phenoxy) is 1. The molecule has 12 heavy (non-hydrogen) atoms. The summed E-state index contributed by atoms with van der Waals surface area (Å²) < 4.78 is 5.79. The molecule has 0 aromatic heterocycles. The van der Waals surface area contributed by atoms with Crippen molar-refractivity contribution in [1.82, 2.24) is 5.32 Å². The minimum atomic E-state index is -0.0101. The molecule has 0 rings (SSSR count). The van der Waals surface area contributed by atoms with Crippen LogP contribution in [0.25, 0.3) is 0 Å². The minimum absolute atomic E-state index is 0.0101. The Morgan fingerprint density at radius 2 is 2.33 bits per heavy atom. The first kappa shape index (κ1) is 11.6. The van der Waals surface area contributed by atoms with E-state index in [4.69, 9.17) is 4.74 Å². The van der Waals surface area contributed by atoms with Crippen LogP contribution in [0, 0.1) is 0 Å². The van der Waals surface area contributed by atoms with E-state index in [9.17, 15) is 4.79 Å². The van der Waals surface area contributed by atoms with Gasteiger partial charge in [-0.05, 0) is 6.92 Å². The summed E-state index contributed by atoms with van der Waals surface area (Å²) in [7, 11) is 0. The molecule has 0 saturated carbocycles. The Morgan fingerprint density at radius 3 is 2.83 bits per heavy atom. The number of carbonyl (C=O) groups is 1. The van der Waals surface area contributed by atoms with Crippen molar-refractivity contribution in [2.24, 2.45) is 0 Å². The van der Waals surface area contributed by atoms with Crippen molar-refractivity contribution >= 4 is 21.8 Å². The van der Waals surface area contributed by atoms with E-state index in [2.05, 4.69) is 27.8 Å². The van der Waals surface area contributed by atoms with Gasteiger partial charge in [0.2, 0.25) is 5.91 Å². The van der Waals surface area contributed by atoms with E-state index in [0.717, 1.165) is 4.48 Å². The number of amides is 1. The van der Waals surface area contributed by atoms with Gasteiger partial charge in [0.25, 0.3) is 0 Å². The first-order chi connectivity index (χ1) is 5.66. The third-order valence-electron chi connectivity index (χ3n) is 1.15. The third-order valence-corrected chi connectivity index (χ3v) is 1.44. The molecule has 0 unspecified atom stereocenters. The van der Waals surface area contributed by atoms with Crippen molar-refractivity contribution in [2.75, 3.05) is 19.8 Å². The van der Waals surface area contributed by atoms with Crippen LogP contribution in [0.4, 0.5) is 0 Å². The minimum Gasteiger partial charge on any atom is -0.381 e. The van der Waals surface area contributed by atoms with E-state index in [1.165, 1.54) is 0 Å². The van der Waals surface area contributed by atoms with Crippen molar-refractivity contribution in [3.8, 4) is 0 Å². The molecule has 0 aromatic rings. The van der Waals surface area contributed by atoms with Gasteiger partial charge in [0.1, 0.15) is 0 Å². The smallest absolute Gasteiger partial charge is 0.222 e. The number of rotatable bonds is 6. The van der Waals surface area contributed by atoms with Crippen molar-refractivity contribution in [1.29, 1.82) is 0 Å². The predicted molar refractivity (Wildman–Crippen MR) is 52.2 cm³/mol. The molecule has 0 aliphatic rings. The van der Waals surface area contributed by atoms with E-state index < -0.39 is 0 Å². The van der Waals surface area contributed by atoms with Gasteiger partial charge in [-0.1, -0.05) is 22.5 Å². The average molecular weight is 236 g/mol. The highest BCUT2D eigenvalue weighted by Gasteiger charge is 1.99. The zero-order valence-electron chi connectivity index (χ0n) is 7.23. The average Bonchev–Trinajstić information content (AvgIpc) is 2.01. The Labute approximate surface area is 81.3 Å². The molecule has 0 atom stereocenters. The molecule has 0 aliphatic carbocycles. The molecule has 0 radical (unpaired) electrons. The van der Waals surface area contributed by atoms with Crippen molar-refractivity contribution in [2.45, 2.75) is 13.3 Å². The van der Waals surface area contributed by atoms with Gasteiger partial charge in [0, 0.05) is 24.1 Å². The van der Waals surface area contributed by atoms with Crippen LogP contribution in [0.1, 0.15) is 13.3 Å². The van der Waals surface area contributed by atoms with Crippen LogP contribution in [0.5, 0.6) is 0 Å². The summed E-state index contributed by atoms with van der Waals surface area (Å²) in [6.45, 7) is 7.11. The van der Waals surface area contributed by atoms with Gasteiger partial charge in [-0.3, -0.25) is 4.79 Å². The molecular weight excluding hydrogens is 222 g/mol. The Morgan fingerprint density at radius 1 is 1.67 bits per heavy atom. The molecule has 0 heterocycles. The molecule has 1 amide bonds. The molecule has 0 fully saturated rings. The molecule has 0 saturated heterocycles. The molecule has 4 heteroatoms. The molecule has 0 bridgehead atoms. The van der Waals surface area contributed by atoms with Crippen molar-refractivity contribution < 1.29 is 9.53 Å². The first-order valence-electron chi connectivity index (χ1n) is 3.84. The van der Waals surface area contributed by atoms with Crippen LogP contribution >= 0.6 is 15.9 Å². The molecule has 70 valence electrons. The summed E-state index contributed by atoms with van der Waals surface area (Å²) in [4.78, 5) is 11.0. The Bertz CT molecular complexity index is 159. The highest BCUT2D eigenvalue weighted by Crippen LogP contribution is 1.96. The van der Waals surface area contributed by atoms with E-state index in [-0.39, 0.29) is 5.91 Å². The van der Waals surface area contributed by atoms with Crippen LogP contribution in [0.3, 0.4) is 0 Å². The maximum absolute atomic E-state index is 11.0. The summed E-state index contributed by atoms with van der Waals surface area (Å²) >= 11 is 3.14. The fourth-order valence-corrected chi connectivity index (χ4v) is 0.732. The van der Waals surface area contributed by atoms with Crippen LogP contribution in [-0.2, 0) is 9.53 Å². The molecule has 3 nitrogen and oxygen atoms in total. The Balaban J connectivity index is 3.28. The summed E-state index contributed by atoms with van der Waals surface area (Å²) in [5.74, 6) is -0.0101. The normalized spacial score (nSPS) is 9.50. The number of hydrogen-bond acceptors (Lipinski definition) is 2. The van der Waals surface area contributed by atoms with Gasteiger partial charge < -0.3 is 10.1 Å². The molecule has 0 aliphatic heterocycles. The van der Waals surface area contributed by atoms with Crippen LogP contribution < -0.4 is 5.32 Å². The summed E-state index contributed by atoms with van der Waals surface area (Å²) in [5, 5.41) is 2.68. The van der Waals surface area contributed by atoms with Gasteiger partial charge >= 0.3 is 0 Å². The predicted octanol–water partition coefficient (Wildman–Crippen LogP) is 1.44. The molecular formula is C8H14BrNO2. The Kier molecular flexibility index (Phi) is 7.09. The monoisotopic (exact) mass is 235 g/mol. The number of nitrogens with one attached hydrogen (secondary N) is 1. The zero-order valence-corrected chi connectivity index (χ0v) is 8.82.